The van der Waals surface area contributed by atoms with Crippen LogP contribution in [0.15, 0.2) is 6.07 Å². The van der Waals surface area contributed by atoms with E-state index in [0.717, 1.165) is 35.7 Å². The quantitative estimate of drug-likeness (QED) is 0.948. The number of hydrogen-bond donors (Lipinski definition) is 1. The van der Waals surface area contributed by atoms with Gasteiger partial charge in [0.2, 0.25) is 0 Å². The lowest BCUT2D eigenvalue weighted by Gasteiger charge is -2.14. The van der Waals surface area contributed by atoms with E-state index < -0.39 is 0 Å². The van der Waals surface area contributed by atoms with E-state index in [1.165, 1.54) is 12.8 Å². The molecule has 0 bridgehead atoms. The lowest BCUT2D eigenvalue weighted by molar-refractivity contribution is 0.102. The van der Waals surface area contributed by atoms with Gasteiger partial charge in [-0.1, -0.05) is 12.8 Å². The topological polar surface area (TPSA) is 64.7 Å². The molecule has 1 aliphatic rings. The number of amides is 1. The normalized spacial score (nSPS) is 15.5. The van der Waals surface area contributed by atoms with Crippen molar-refractivity contribution in [2.24, 2.45) is 7.05 Å². The third kappa shape index (κ3) is 2.53. The second kappa shape index (κ2) is 5.59. The van der Waals surface area contributed by atoms with Gasteiger partial charge in [-0.25, -0.2) is 4.68 Å². The van der Waals surface area contributed by atoms with Gasteiger partial charge in [0.15, 0.2) is 0 Å². The highest BCUT2D eigenvalue weighted by atomic mass is 16.1. The molecule has 1 aliphatic carbocycles. The summed E-state index contributed by atoms with van der Waals surface area (Å²) in [5.41, 5.74) is 3.21. The number of nitrogens with one attached hydrogen (secondary N) is 1. The third-order valence-corrected chi connectivity index (χ3v) is 4.51. The molecule has 1 fully saturated rings. The second-order valence-corrected chi connectivity index (χ2v) is 6.18. The highest BCUT2D eigenvalue weighted by molar-refractivity contribution is 6.05. The molecule has 6 heteroatoms. The molecule has 6 nitrogen and oxygen atoms in total. The van der Waals surface area contributed by atoms with Gasteiger partial charge in [-0.3, -0.25) is 9.48 Å². The average Bonchev–Trinajstić information content (AvgIpc) is 3.12. The van der Waals surface area contributed by atoms with Gasteiger partial charge < -0.3 is 5.32 Å². The Bertz CT molecular complexity index is 706. The fourth-order valence-corrected chi connectivity index (χ4v) is 3.32. The van der Waals surface area contributed by atoms with Crippen LogP contribution in [-0.4, -0.2) is 25.5 Å². The number of carbonyl (C=O) groups is 1. The van der Waals surface area contributed by atoms with Crippen LogP contribution >= 0.6 is 0 Å². The SMILES string of the molecule is Cc1cc(NC(=O)c2c(C)nn(C)c2C)n(C2CCCC2)n1. The number of nitrogens with zero attached hydrogens (tertiary/aromatic N) is 4. The van der Waals surface area contributed by atoms with Crippen LogP contribution in [0, 0.1) is 20.8 Å². The Kier molecular flexibility index (Phi) is 3.76. The van der Waals surface area contributed by atoms with E-state index in [1.54, 1.807) is 4.68 Å². The lowest BCUT2D eigenvalue weighted by atomic mass is 10.2. The molecule has 0 unspecified atom stereocenters. The standard InChI is InChI=1S/C16H23N5O/c1-10-9-14(21(18-10)13-7-5-6-8-13)17-16(22)15-11(2)19-20(4)12(15)3/h9,13H,5-8H2,1-4H3,(H,17,22). The fourth-order valence-electron chi connectivity index (χ4n) is 3.32. The minimum atomic E-state index is -0.109. The Morgan fingerprint density at radius 1 is 1.23 bits per heavy atom. The minimum Gasteiger partial charge on any atom is -0.307 e. The molecular weight excluding hydrogens is 278 g/mol. The van der Waals surface area contributed by atoms with Gasteiger partial charge in [0.25, 0.3) is 5.91 Å². The molecule has 22 heavy (non-hydrogen) atoms. The van der Waals surface area contributed by atoms with E-state index in [2.05, 4.69) is 15.5 Å². The molecular formula is C16H23N5O. The van der Waals surface area contributed by atoms with E-state index in [9.17, 15) is 4.79 Å². The summed E-state index contributed by atoms with van der Waals surface area (Å²) in [6.07, 6.45) is 4.74. The van der Waals surface area contributed by atoms with Crippen LogP contribution in [0.5, 0.6) is 0 Å². The van der Waals surface area contributed by atoms with Gasteiger partial charge in [-0.2, -0.15) is 10.2 Å². The smallest absolute Gasteiger partial charge is 0.260 e. The van der Waals surface area contributed by atoms with E-state index in [-0.39, 0.29) is 5.91 Å². The van der Waals surface area contributed by atoms with Gasteiger partial charge in [0.05, 0.1) is 23.0 Å². The van der Waals surface area contributed by atoms with Gasteiger partial charge in [0, 0.05) is 18.8 Å². The minimum absolute atomic E-state index is 0.109. The van der Waals surface area contributed by atoms with E-state index >= 15 is 0 Å². The largest absolute Gasteiger partial charge is 0.307 e. The summed E-state index contributed by atoms with van der Waals surface area (Å²) >= 11 is 0. The molecule has 3 rings (SSSR count). The van der Waals surface area contributed by atoms with Crippen molar-refractivity contribution in [1.82, 2.24) is 19.6 Å². The third-order valence-electron chi connectivity index (χ3n) is 4.51. The number of hydrogen-bond acceptors (Lipinski definition) is 3. The van der Waals surface area contributed by atoms with E-state index in [1.807, 2.05) is 38.6 Å². The Morgan fingerprint density at radius 2 is 1.91 bits per heavy atom. The first-order valence-corrected chi connectivity index (χ1v) is 7.85. The van der Waals surface area contributed by atoms with E-state index in [0.29, 0.717) is 11.6 Å². The summed E-state index contributed by atoms with van der Waals surface area (Å²) in [6, 6.07) is 2.34. The van der Waals surface area contributed by atoms with Gasteiger partial charge in [-0.15, -0.1) is 0 Å². The number of aryl methyl sites for hydroxylation is 3. The Morgan fingerprint density at radius 3 is 2.50 bits per heavy atom. The summed E-state index contributed by atoms with van der Waals surface area (Å²) in [4.78, 5) is 12.6. The number of carbonyl (C=O) groups excluding carboxylic acids is 1. The van der Waals surface area contributed by atoms with Gasteiger partial charge >= 0.3 is 0 Å². The molecule has 0 aromatic carbocycles. The van der Waals surface area contributed by atoms with Crippen molar-refractivity contribution >= 4 is 11.7 Å². The Labute approximate surface area is 130 Å². The maximum absolute atomic E-state index is 12.6. The molecule has 0 aliphatic heterocycles. The van der Waals surface area contributed by atoms with Crippen LogP contribution in [0.2, 0.25) is 0 Å². The van der Waals surface area contributed by atoms with Crippen LogP contribution in [0.3, 0.4) is 0 Å². The highest BCUT2D eigenvalue weighted by Crippen LogP contribution is 2.32. The zero-order valence-corrected chi connectivity index (χ0v) is 13.7. The molecule has 0 radical (unpaired) electrons. The predicted octanol–water partition coefficient (Wildman–Crippen LogP) is 2.91. The summed E-state index contributed by atoms with van der Waals surface area (Å²) in [6.45, 7) is 5.73. The molecule has 0 saturated heterocycles. The van der Waals surface area contributed by atoms with Crippen LogP contribution in [-0.2, 0) is 7.05 Å². The van der Waals surface area contributed by atoms with Crippen molar-refractivity contribution in [3.05, 3.63) is 28.7 Å². The molecule has 1 saturated carbocycles. The summed E-state index contributed by atoms with van der Waals surface area (Å²) in [7, 11) is 1.85. The molecule has 2 heterocycles. The van der Waals surface area contributed by atoms with Crippen molar-refractivity contribution in [3.63, 3.8) is 0 Å². The maximum Gasteiger partial charge on any atom is 0.260 e. The number of anilines is 1. The average molecular weight is 301 g/mol. The second-order valence-electron chi connectivity index (χ2n) is 6.18. The lowest BCUT2D eigenvalue weighted by Crippen LogP contribution is -2.19. The van der Waals surface area contributed by atoms with Crippen molar-refractivity contribution in [2.75, 3.05) is 5.32 Å². The first kappa shape index (κ1) is 14.8. The molecule has 2 aromatic rings. The number of aromatic nitrogens is 4. The molecule has 1 amide bonds. The van der Waals surface area contributed by atoms with Crippen LogP contribution in [0.25, 0.3) is 0 Å². The number of rotatable bonds is 3. The fraction of sp³-hybridized carbons (Fsp3) is 0.562. The Balaban J connectivity index is 1.88. The summed E-state index contributed by atoms with van der Waals surface area (Å²) in [5, 5.41) is 11.9. The van der Waals surface area contributed by atoms with Crippen LogP contribution in [0.1, 0.15) is 59.2 Å². The van der Waals surface area contributed by atoms with Crippen molar-refractivity contribution in [1.29, 1.82) is 0 Å². The predicted molar refractivity (Wildman–Crippen MR) is 85.1 cm³/mol. The molecule has 1 N–H and O–H groups in total. The van der Waals surface area contributed by atoms with Crippen LogP contribution < -0.4 is 5.32 Å². The van der Waals surface area contributed by atoms with Crippen LogP contribution in [0.4, 0.5) is 5.82 Å². The van der Waals surface area contributed by atoms with Crippen molar-refractivity contribution in [2.45, 2.75) is 52.5 Å². The zero-order valence-electron chi connectivity index (χ0n) is 13.7. The summed E-state index contributed by atoms with van der Waals surface area (Å²) in [5.74, 6) is 0.680. The summed E-state index contributed by atoms with van der Waals surface area (Å²) < 4.78 is 3.73. The first-order valence-electron chi connectivity index (χ1n) is 7.85. The Hall–Kier alpha value is -2.11. The monoisotopic (exact) mass is 301 g/mol. The first-order chi connectivity index (χ1) is 10.5. The highest BCUT2D eigenvalue weighted by Gasteiger charge is 2.23. The van der Waals surface area contributed by atoms with Gasteiger partial charge in [-0.05, 0) is 33.6 Å². The maximum atomic E-state index is 12.6. The van der Waals surface area contributed by atoms with Crippen molar-refractivity contribution < 1.29 is 4.79 Å². The molecule has 2 aromatic heterocycles. The zero-order chi connectivity index (χ0) is 15.9. The van der Waals surface area contributed by atoms with Gasteiger partial charge in [0.1, 0.15) is 5.82 Å². The van der Waals surface area contributed by atoms with E-state index in [4.69, 9.17) is 0 Å². The molecule has 0 spiro atoms. The molecule has 0 atom stereocenters. The van der Waals surface area contributed by atoms with Crippen molar-refractivity contribution in [3.8, 4) is 0 Å². The molecule has 118 valence electrons.